The number of nitrogens with zero attached hydrogens (tertiary/aromatic N) is 2. The summed E-state index contributed by atoms with van der Waals surface area (Å²) in [5.41, 5.74) is 5.78. The summed E-state index contributed by atoms with van der Waals surface area (Å²) in [4.78, 5) is 0. The Balaban J connectivity index is 1.68. The fraction of sp³-hybridized carbons (Fsp3) is 0.348. The molecule has 2 aromatic carbocycles. The highest BCUT2D eigenvalue weighted by Gasteiger charge is 2.32. The Morgan fingerprint density at radius 2 is 1.83 bits per heavy atom. The first kappa shape index (κ1) is 19.9. The van der Waals surface area contributed by atoms with Crippen LogP contribution in [-0.2, 0) is 29.3 Å². The molecule has 1 aromatic heterocycles. The van der Waals surface area contributed by atoms with Crippen LogP contribution in [0.4, 0.5) is 0 Å². The Hall–Kier alpha value is -2.44. The lowest BCUT2D eigenvalue weighted by Gasteiger charge is -2.33. The van der Waals surface area contributed by atoms with E-state index in [4.69, 9.17) is 5.10 Å². The van der Waals surface area contributed by atoms with Crippen LogP contribution < -0.4 is 4.72 Å². The summed E-state index contributed by atoms with van der Waals surface area (Å²) in [5, 5.41) is 4.79. The highest BCUT2D eigenvalue weighted by atomic mass is 32.2. The number of benzene rings is 2. The van der Waals surface area contributed by atoms with Crippen LogP contribution in [0.2, 0.25) is 0 Å². The van der Waals surface area contributed by atoms with Gasteiger partial charge in [0.2, 0.25) is 10.0 Å². The smallest absolute Gasteiger partial charge is 0.209 e. The quantitative estimate of drug-likeness (QED) is 0.674. The maximum Gasteiger partial charge on any atom is 0.209 e. The third-order valence-electron chi connectivity index (χ3n) is 5.56. The first-order valence-corrected chi connectivity index (χ1v) is 12.0. The number of aryl methyl sites for hydroxylation is 2. The number of aromatic nitrogens is 2. The molecule has 29 heavy (non-hydrogen) atoms. The second-order valence-electron chi connectivity index (χ2n) is 7.80. The molecule has 5 nitrogen and oxygen atoms in total. The van der Waals surface area contributed by atoms with Crippen LogP contribution in [0, 0.1) is 0 Å². The Bertz CT molecular complexity index is 1090. The molecular formula is C23H27N3O2S. The van der Waals surface area contributed by atoms with Gasteiger partial charge in [0.05, 0.1) is 18.0 Å². The lowest BCUT2D eigenvalue weighted by Crippen LogP contribution is -2.45. The van der Waals surface area contributed by atoms with Crippen molar-refractivity contribution in [2.24, 2.45) is 0 Å². The van der Waals surface area contributed by atoms with Crippen LogP contribution in [-0.4, -0.2) is 30.5 Å². The molecule has 1 N–H and O–H groups in total. The van der Waals surface area contributed by atoms with Crippen molar-refractivity contribution in [1.29, 1.82) is 0 Å². The zero-order valence-corrected chi connectivity index (χ0v) is 17.7. The summed E-state index contributed by atoms with van der Waals surface area (Å²) in [6.45, 7) is 2.10. The summed E-state index contributed by atoms with van der Waals surface area (Å²) in [7, 11) is -3.29. The van der Waals surface area contributed by atoms with E-state index in [-0.39, 0.29) is 12.1 Å². The average Bonchev–Trinajstić information content (AvgIpc) is 3.13. The molecule has 1 aliphatic heterocycles. The fourth-order valence-electron chi connectivity index (χ4n) is 4.19. The van der Waals surface area contributed by atoms with Crippen LogP contribution in [0.3, 0.4) is 0 Å². The standard InChI is InChI=1S/C23H27N3O2S/c1-3-20-16-21-12-13-22(25-29(2,27)28)23(26(21)24-20)15-17-8-7-11-19(14-17)18-9-5-4-6-10-18/h4-11,14,16,22-23,25H,3,12-13,15H2,1-2H3/t22-,23-/m0/s1. The van der Waals surface area contributed by atoms with Crippen molar-refractivity contribution in [3.8, 4) is 11.1 Å². The molecule has 0 aliphatic carbocycles. The molecule has 0 spiro atoms. The monoisotopic (exact) mass is 409 g/mol. The van der Waals surface area contributed by atoms with Crippen molar-refractivity contribution in [2.45, 2.75) is 44.7 Å². The first-order valence-electron chi connectivity index (χ1n) is 10.1. The number of hydrogen-bond acceptors (Lipinski definition) is 3. The molecule has 4 rings (SSSR count). The van der Waals surface area contributed by atoms with Gasteiger partial charge < -0.3 is 0 Å². The van der Waals surface area contributed by atoms with Gasteiger partial charge in [0.25, 0.3) is 0 Å². The number of nitrogens with one attached hydrogen (secondary N) is 1. The minimum atomic E-state index is -3.29. The van der Waals surface area contributed by atoms with Crippen LogP contribution >= 0.6 is 0 Å². The zero-order valence-electron chi connectivity index (χ0n) is 16.9. The van der Waals surface area contributed by atoms with Crippen molar-refractivity contribution < 1.29 is 8.42 Å². The predicted octanol–water partition coefficient (Wildman–Crippen LogP) is 3.76. The van der Waals surface area contributed by atoms with Gasteiger partial charge in [-0.25, -0.2) is 13.1 Å². The third kappa shape index (κ3) is 4.60. The Labute approximate surface area is 172 Å². The summed E-state index contributed by atoms with van der Waals surface area (Å²) in [6.07, 6.45) is 4.45. The van der Waals surface area contributed by atoms with Gasteiger partial charge >= 0.3 is 0 Å². The van der Waals surface area contributed by atoms with E-state index in [0.717, 1.165) is 31.4 Å². The Morgan fingerprint density at radius 3 is 2.55 bits per heavy atom. The molecule has 152 valence electrons. The number of sulfonamides is 1. The van der Waals surface area contributed by atoms with E-state index in [1.165, 1.54) is 28.6 Å². The highest BCUT2D eigenvalue weighted by molar-refractivity contribution is 7.88. The lowest BCUT2D eigenvalue weighted by atomic mass is 9.91. The van der Waals surface area contributed by atoms with Gasteiger partial charge in [-0.05, 0) is 48.4 Å². The largest absolute Gasteiger partial charge is 0.264 e. The maximum atomic E-state index is 12.0. The van der Waals surface area contributed by atoms with E-state index < -0.39 is 10.0 Å². The SMILES string of the molecule is CCc1cc2n(n1)[C@@H](Cc1cccc(-c3ccccc3)c1)[C@@H](NS(C)(=O)=O)CC2. The maximum absolute atomic E-state index is 12.0. The first-order chi connectivity index (χ1) is 13.9. The second-order valence-corrected chi connectivity index (χ2v) is 9.58. The van der Waals surface area contributed by atoms with Crippen LogP contribution in [0.1, 0.15) is 36.3 Å². The van der Waals surface area contributed by atoms with Gasteiger partial charge in [-0.15, -0.1) is 0 Å². The fourth-order valence-corrected chi connectivity index (χ4v) is 5.02. The van der Waals surface area contributed by atoms with E-state index in [9.17, 15) is 8.42 Å². The van der Waals surface area contributed by atoms with Gasteiger partial charge in [0.1, 0.15) is 0 Å². The van der Waals surface area contributed by atoms with E-state index in [1.54, 1.807) is 0 Å². The third-order valence-corrected chi connectivity index (χ3v) is 6.29. The molecule has 0 unspecified atom stereocenters. The predicted molar refractivity (Wildman–Crippen MR) is 116 cm³/mol. The molecule has 0 saturated heterocycles. The summed E-state index contributed by atoms with van der Waals surface area (Å²) in [5.74, 6) is 0. The molecule has 2 heterocycles. The van der Waals surface area contributed by atoms with E-state index in [2.05, 4.69) is 58.8 Å². The van der Waals surface area contributed by atoms with Gasteiger partial charge in [-0.2, -0.15) is 5.10 Å². The summed E-state index contributed by atoms with van der Waals surface area (Å²) in [6, 6.07) is 20.7. The van der Waals surface area contributed by atoms with Crippen LogP contribution in [0.5, 0.6) is 0 Å². The molecule has 0 radical (unpaired) electrons. The van der Waals surface area contributed by atoms with Crippen LogP contribution in [0.25, 0.3) is 11.1 Å². The summed E-state index contributed by atoms with van der Waals surface area (Å²) >= 11 is 0. The Morgan fingerprint density at radius 1 is 1.07 bits per heavy atom. The van der Waals surface area contributed by atoms with E-state index >= 15 is 0 Å². The minimum absolute atomic E-state index is 0.0419. The zero-order chi connectivity index (χ0) is 20.4. The normalized spacial score (nSPS) is 19.1. The Kier molecular flexibility index (Phi) is 5.56. The molecule has 0 saturated carbocycles. The molecule has 3 aromatic rings. The van der Waals surface area contributed by atoms with Crippen molar-refractivity contribution in [3.63, 3.8) is 0 Å². The molecule has 0 bridgehead atoms. The molecule has 2 atom stereocenters. The number of hydrogen-bond donors (Lipinski definition) is 1. The van der Waals surface area contributed by atoms with Crippen molar-refractivity contribution in [1.82, 2.24) is 14.5 Å². The lowest BCUT2D eigenvalue weighted by molar-refractivity contribution is 0.298. The minimum Gasteiger partial charge on any atom is -0.264 e. The van der Waals surface area contributed by atoms with Crippen LogP contribution in [0.15, 0.2) is 60.7 Å². The highest BCUT2D eigenvalue weighted by Crippen LogP contribution is 2.30. The molecule has 6 heteroatoms. The second kappa shape index (κ2) is 8.13. The van der Waals surface area contributed by atoms with E-state index in [0.29, 0.717) is 0 Å². The molecule has 1 aliphatic rings. The van der Waals surface area contributed by atoms with Crippen molar-refractivity contribution in [2.75, 3.05) is 6.26 Å². The van der Waals surface area contributed by atoms with Gasteiger partial charge in [0.15, 0.2) is 0 Å². The molecule has 0 amide bonds. The average molecular weight is 410 g/mol. The van der Waals surface area contributed by atoms with Gasteiger partial charge in [-0.3, -0.25) is 4.68 Å². The topological polar surface area (TPSA) is 64.0 Å². The van der Waals surface area contributed by atoms with Gasteiger partial charge in [-0.1, -0.05) is 61.5 Å². The number of fused-ring (bicyclic) bond motifs is 1. The van der Waals surface area contributed by atoms with Crippen molar-refractivity contribution >= 4 is 10.0 Å². The number of rotatable bonds is 6. The van der Waals surface area contributed by atoms with Gasteiger partial charge in [0, 0.05) is 11.7 Å². The van der Waals surface area contributed by atoms with Crippen molar-refractivity contribution in [3.05, 3.63) is 77.6 Å². The molecule has 0 fully saturated rings. The molecular weight excluding hydrogens is 382 g/mol. The van der Waals surface area contributed by atoms with E-state index in [1.807, 2.05) is 18.2 Å². The summed E-state index contributed by atoms with van der Waals surface area (Å²) < 4.78 is 28.8.